The first-order valence-electron chi connectivity index (χ1n) is 6.88. The van der Waals surface area contributed by atoms with E-state index in [1.54, 1.807) is 38.1 Å². The largest absolute Gasteiger partial charge is 0.337 e. The molecule has 8 heteroatoms. The van der Waals surface area contributed by atoms with Crippen molar-refractivity contribution in [1.29, 1.82) is 5.26 Å². The highest BCUT2D eigenvalue weighted by atomic mass is 16.5. The molecule has 0 unspecified atom stereocenters. The molecule has 0 spiro atoms. The Morgan fingerprint density at radius 3 is 2.87 bits per heavy atom. The van der Waals surface area contributed by atoms with Gasteiger partial charge in [0.25, 0.3) is 5.91 Å². The summed E-state index contributed by atoms with van der Waals surface area (Å²) >= 11 is 0. The van der Waals surface area contributed by atoms with Crippen LogP contribution in [0.25, 0.3) is 0 Å². The Labute approximate surface area is 131 Å². The Morgan fingerprint density at radius 2 is 2.22 bits per heavy atom. The van der Waals surface area contributed by atoms with Gasteiger partial charge < -0.3 is 9.84 Å². The second kappa shape index (κ2) is 5.21. The summed E-state index contributed by atoms with van der Waals surface area (Å²) in [5.41, 5.74) is -0.283. The highest BCUT2D eigenvalue weighted by Crippen LogP contribution is 2.30. The maximum atomic E-state index is 12.7. The van der Waals surface area contributed by atoms with Gasteiger partial charge in [-0.05, 0) is 31.5 Å². The fourth-order valence-corrected chi connectivity index (χ4v) is 2.48. The summed E-state index contributed by atoms with van der Waals surface area (Å²) < 4.78 is 4.96. The predicted octanol–water partition coefficient (Wildman–Crippen LogP) is 1.22. The summed E-state index contributed by atoms with van der Waals surface area (Å²) in [5.74, 6) is 0.172. The molecule has 1 aliphatic heterocycles. The molecule has 1 N–H and O–H groups in total. The van der Waals surface area contributed by atoms with Gasteiger partial charge in [-0.15, -0.1) is 0 Å². The van der Waals surface area contributed by atoms with Crippen LogP contribution < -0.4 is 5.32 Å². The summed E-state index contributed by atoms with van der Waals surface area (Å²) in [7, 11) is 0. The monoisotopic (exact) mass is 311 g/mol. The van der Waals surface area contributed by atoms with Crippen molar-refractivity contribution < 1.29 is 14.1 Å². The highest BCUT2D eigenvalue weighted by molar-refractivity contribution is 6.07. The maximum absolute atomic E-state index is 12.7. The van der Waals surface area contributed by atoms with Crippen molar-refractivity contribution in [1.82, 2.24) is 20.4 Å². The molecule has 1 fully saturated rings. The zero-order valence-corrected chi connectivity index (χ0v) is 12.5. The van der Waals surface area contributed by atoms with E-state index in [4.69, 9.17) is 9.78 Å². The number of nitriles is 1. The van der Waals surface area contributed by atoms with Crippen LogP contribution in [-0.4, -0.2) is 27.0 Å². The molecule has 0 saturated carbocycles. The highest BCUT2D eigenvalue weighted by Gasteiger charge is 2.49. The van der Waals surface area contributed by atoms with Crippen molar-refractivity contribution in [2.75, 3.05) is 0 Å². The first-order chi connectivity index (χ1) is 10.9. The fourth-order valence-electron chi connectivity index (χ4n) is 2.48. The Kier molecular flexibility index (Phi) is 3.33. The van der Waals surface area contributed by atoms with Gasteiger partial charge >= 0.3 is 6.03 Å². The van der Waals surface area contributed by atoms with Crippen LogP contribution in [0.15, 0.2) is 28.8 Å². The smallest absolute Gasteiger partial charge is 0.325 e. The Balaban J connectivity index is 1.91. The van der Waals surface area contributed by atoms with Gasteiger partial charge in [0.15, 0.2) is 5.82 Å². The summed E-state index contributed by atoms with van der Waals surface area (Å²) in [6, 6.07) is 8.05. The van der Waals surface area contributed by atoms with Crippen molar-refractivity contribution in [3.8, 4) is 6.07 Å². The third-order valence-corrected chi connectivity index (χ3v) is 3.71. The lowest BCUT2D eigenvalue weighted by atomic mass is 9.91. The lowest BCUT2D eigenvalue weighted by Crippen LogP contribution is -2.40. The van der Waals surface area contributed by atoms with E-state index in [1.165, 1.54) is 0 Å². The number of carbonyl (C=O) groups is 2. The number of benzene rings is 1. The second-order valence-electron chi connectivity index (χ2n) is 5.37. The van der Waals surface area contributed by atoms with Crippen LogP contribution in [0, 0.1) is 18.3 Å². The SMILES string of the molecule is Cc1noc(CN2C(=O)N[C@](C)(c3cccc(C#N)c3)C2=O)n1. The first kappa shape index (κ1) is 14.7. The molecule has 0 radical (unpaired) electrons. The Morgan fingerprint density at radius 1 is 1.43 bits per heavy atom. The normalized spacial score (nSPS) is 20.5. The number of hydrogen-bond donors (Lipinski definition) is 1. The Bertz CT molecular complexity index is 838. The lowest BCUT2D eigenvalue weighted by Gasteiger charge is -2.22. The minimum atomic E-state index is -1.24. The minimum absolute atomic E-state index is 0.0982. The minimum Gasteiger partial charge on any atom is -0.337 e. The molecule has 1 aromatic heterocycles. The number of amides is 3. The molecule has 2 heterocycles. The zero-order valence-electron chi connectivity index (χ0n) is 12.5. The standard InChI is InChI=1S/C15H13N5O3/c1-9-17-12(23-19-9)8-20-13(21)15(2,18-14(20)22)11-5-3-4-10(6-11)7-16/h3-6H,8H2,1-2H3,(H,18,22)/t15-/m1/s1. The molecule has 23 heavy (non-hydrogen) atoms. The van der Waals surface area contributed by atoms with Crippen LogP contribution in [0.1, 0.15) is 29.8 Å². The average Bonchev–Trinajstić information content (AvgIpc) is 3.05. The van der Waals surface area contributed by atoms with E-state index in [2.05, 4.69) is 15.5 Å². The van der Waals surface area contributed by atoms with Crippen molar-refractivity contribution in [2.45, 2.75) is 25.9 Å². The number of aryl methyl sites for hydroxylation is 1. The van der Waals surface area contributed by atoms with Gasteiger partial charge in [0.05, 0.1) is 11.6 Å². The summed E-state index contributed by atoms with van der Waals surface area (Å²) in [5, 5.41) is 15.3. The van der Waals surface area contributed by atoms with Gasteiger partial charge in [-0.2, -0.15) is 10.2 Å². The second-order valence-corrected chi connectivity index (χ2v) is 5.37. The van der Waals surface area contributed by atoms with Crippen molar-refractivity contribution >= 4 is 11.9 Å². The molecule has 3 amide bonds. The third-order valence-electron chi connectivity index (χ3n) is 3.71. The number of nitrogens with zero attached hydrogens (tertiary/aromatic N) is 4. The number of hydrogen-bond acceptors (Lipinski definition) is 6. The molecule has 116 valence electrons. The zero-order chi connectivity index (χ0) is 16.6. The maximum Gasteiger partial charge on any atom is 0.325 e. The van der Waals surface area contributed by atoms with Crippen LogP contribution in [0.3, 0.4) is 0 Å². The number of aromatic nitrogens is 2. The van der Waals surface area contributed by atoms with Crippen LogP contribution in [0.5, 0.6) is 0 Å². The van der Waals surface area contributed by atoms with E-state index in [0.717, 1.165) is 4.90 Å². The predicted molar refractivity (Wildman–Crippen MR) is 76.6 cm³/mol. The third kappa shape index (κ3) is 2.42. The van der Waals surface area contributed by atoms with Gasteiger partial charge in [0.2, 0.25) is 5.89 Å². The number of rotatable bonds is 3. The van der Waals surface area contributed by atoms with Crippen LogP contribution in [-0.2, 0) is 16.9 Å². The molecule has 2 aromatic rings. The number of carbonyl (C=O) groups excluding carboxylic acids is 2. The number of nitrogens with one attached hydrogen (secondary N) is 1. The van der Waals surface area contributed by atoms with Crippen LogP contribution >= 0.6 is 0 Å². The topological polar surface area (TPSA) is 112 Å². The average molecular weight is 311 g/mol. The Hall–Kier alpha value is -3.21. The molecular formula is C15H13N5O3. The number of urea groups is 1. The van der Waals surface area contributed by atoms with Gasteiger partial charge in [0, 0.05) is 0 Å². The molecule has 1 atom stereocenters. The fraction of sp³-hybridized carbons (Fsp3) is 0.267. The molecular weight excluding hydrogens is 298 g/mol. The molecule has 1 aromatic carbocycles. The van der Waals surface area contributed by atoms with E-state index in [1.807, 2.05) is 6.07 Å². The van der Waals surface area contributed by atoms with Crippen molar-refractivity contribution in [3.63, 3.8) is 0 Å². The van der Waals surface area contributed by atoms with E-state index in [-0.39, 0.29) is 12.4 Å². The summed E-state index contributed by atoms with van der Waals surface area (Å²) in [6.07, 6.45) is 0. The van der Waals surface area contributed by atoms with Gasteiger partial charge in [0.1, 0.15) is 12.1 Å². The van der Waals surface area contributed by atoms with E-state index < -0.39 is 17.5 Å². The van der Waals surface area contributed by atoms with Crippen molar-refractivity contribution in [3.05, 3.63) is 47.1 Å². The summed E-state index contributed by atoms with van der Waals surface area (Å²) in [6.45, 7) is 3.15. The van der Waals surface area contributed by atoms with E-state index in [0.29, 0.717) is 17.0 Å². The molecule has 0 bridgehead atoms. The van der Waals surface area contributed by atoms with Crippen molar-refractivity contribution in [2.24, 2.45) is 0 Å². The van der Waals surface area contributed by atoms with Gasteiger partial charge in [-0.1, -0.05) is 17.3 Å². The molecule has 3 rings (SSSR count). The van der Waals surface area contributed by atoms with Gasteiger partial charge in [-0.25, -0.2) is 4.79 Å². The van der Waals surface area contributed by atoms with Gasteiger partial charge in [-0.3, -0.25) is 9.69 Å². The van der Waals surface area contributed by atoms with E-state index >= 15 is 0 Å². The van der Waals surface area contributed by atoms with Crippen LogP contribution in [0.2, 0.25) is 0 Å². The summed E-state index contributed by atoms with van der Waals surface area (Å²) in [4.78, 5) is 29.9. The molecule has 1 saturated heterocycles. The lowest BCUT2D eigenvalue weighted by molar-refractivity contribution is -0.131. The number of imide groups is 1. The molecule has 0 aliphatic carbocycles. The van der Waals surface area contributed by atoms with E-state index in [9.17, 15) is 9.59 Å². The first-order valence-corrected chi connectivity index (χ1v) is 6.88. The molecule has 8 nitrogen and oxygen atoms in total. The quantitative estimate of drug-likeness (QED) is 0.853. The molecule has 1 aliphatic rings. The van der Waals surface area contributed by atoms with Crippen LogP contribution in [0.4, 0.5) is 4.79 Å².